The molecule has 0 bridgehead atoms. The van der Waals surface area contributed by atoms with E-state index in [1.807, 2.05) is 11.8 Å². The standard InChI is InChI=1S/C18H24N2O5S/c1-2-20(14-7-8-14)17(21)13-9-11-19(12-10-13)26(24,25)16-6-4-3-5-15(16)18(22)23/h3-6,13-14H,2,7-12H2,1H3,(H,22,23). The van der Waals surface area contributed by atoms with Gasteiger partial charge >= 0.3 is 5.97 Å². The van der Waals surface area contributed by atoms with E-state index in [9.17, 15) is 23.1 Å². The van der Waals surface area contributed by atoms with Crippen LogP contribution in [0.5, 0.6) is 0 Å². The van der Waals surface area contributed by atoms with E-state index in [-0.39, 0.29) is 35.4 Å². The van der Waals surface area contributed by atoms with Crippen molar-refractivity contribution in [3.8, 4) is 0 Å². The molecule has 2 fully saturated rings. The van der Waals surface area contributed by atoms with Gasteiger partial charge in [-0.25, -0.2) is 13.2 Å². The van der Waals surface area contributed by atoms with Gasteiger partial charge in [0.2, 0.25) is 15.9 Å². The van der Waals surface area contributed by atoms with Crippen LogP contribution in [0, 0.1) is 5.92 Å². The van der Waals surface area contributed by atoms with Gasteiger partial charge < -0.3 is 10.0 Å². The number of nitrogens with zero attached hydrogens (tertiary/aromatic N) is 2. The Kier molecular flexibility index (Phi) is 5.34. The molecule has 1 saturated carbocycles. The fourth-order valence-corrected chi connectivity index (χ4v) is 5.22. The molecule has 0 atom stereocenters. The lowest BCUT2D eigenvalue weighted by Gasteiger charge is -2.33. The van der Waals surface area contributed by atoms with Crippen LogP contribution < -0.4 is 0 Å². The molecule has 1 aliphatic heterocycles. The molecular formula is C18H24N2O5S. The fourth-order valence-electron chi connectivity index (χ4n) is 3.57. The second-order valence-corrected chi connectivity index (χ2v) is 8.74. The molecule has 1 amide bonds. The van der Waals surface area contributed by atoms with Gasteiger partial charge in [-0.3, -0.25) is 4.79 Å². The van der Waals surface area contributed by atoms with E-state index < -0.39 is 16.0 Å². The number of hydrogen-bond acceptors (Lipinski definition) is 4. The Labute approximate surface area is 153 Å². The van der Waals surface area contributed by atoms with E-state index >= 15 is 0 Å². The minimum Gasteiger partial charge on any atom is -0.478 e. The molecular weight excluding hydrogens is 356 g/mol. The van der Waals surface area contributed by atoms with Crippen molar-refractivity contribution in [1.82, 2.24) is 9.21 Å². The molecule has 1 saturated heterocycles. The molecule has 3 rings (SSSR count). The third kappa shape index (κ3) is 3.61. The summed E-state index contributed by atoms with van der Waals surface area (Å²) in [6.07, 6.45) is 3.05. The first-order valence-electron chi connectivity index (χ1n) is 8.99. The largest absolute Gasteiger partial charge is 0.478 e. The van der Waals surface area contributed by atoms with Crippen molar-refractivity contribution in [2.45, 2.75) is 43.5 Å². The van der Waals surface area contributed by atoms with Gasteiger partial charge in [-0.05, 0) is 44.7 Å². The zero-order valence-corrected chi connectivity index (χ0v) is 15.6. The number of carbonyl (C=O) groups is 2. The van der Waals surface area contributed by atoms with Crippen LogP contribution in [0.25, 0.3) is 0 Å². The second kappa shape index (κ2) is 7.36. The Morgan fingerprint density at radius 1 is 1.15 bits per heavy atom. The number of benzene rings is 1. The maximum absolute atomic E-state index is 12.9. The molecule has 1 heterocycles. The molecule has 8 heteroatoms. The van der Waals surface area contributed by atoms with Gasteiger partial charge in [0.25, 0.3) is 0 Å². The molecule has 2 aliphatic rings. The molecule has 1 N–H and O–H groups in total. The van der Waals surface area contributed by atoms with Crippen molar-refractivity contribution in [2.24, 2.45) is 5.92 Å². The Balaban J connectivity index is 1.71. The number of carbonyl (C=O) groups excluding carboxylic acids is 1. The van der Waals surface area contributed by atoms with Crippen LogP contribution >= 0.6 is 0 Å². The summed E-state index contributed by atoms with van der Waals surface area (Å²) in [5.74, 6) is -1.30. The summed E-state index contributed by atoms with van der Waals surface area (Å²) in [7, 11) is -3.89. The number of carboxylic acid groups (broad SMARTS) is 1. The number of rotatable bonds is 6. The van der Waals surface area contributed by atoms with Crippen LogP contribution in [-0.2, 0) is 14.8 Å². The molecule has 1 aliphatic carbocycles. The Morgan fingerprint density at radius 2 is 1.77 bits per heavy atom. The predicted octanol–water partition coefficient (Wildman–Crippen LogP) is 1.80. The van der Waals surface area contributed by atoms with Gasteiger partial charge in [-0.1, -0.05) is 12.1 Å². The summed E-state index contributed by atoms with van der Waals surface area (Å²) in [5, 5.41) is 9.26. The van der Waals surface area contributed by atoms with Gasteiger partial charge in [-0.15, -0.1) is 0 Å². The molecule has 142 valence electrons. The van der Waals surface area contributed by atoms with Crippen molar-refractivity contribution in [3.63, 3.8) is 0 Å². The quantitative estimate of drug-likeness (QED) is 0.812. The van der Waals surface area contributed by atoms with Crippen LogP contribution in [0.1, 0.15) is 43.0 Å². The Morgan fingerprint density at radius 3 is 2.31 bits per heavy atom. The molecule has 26 heavy (non-hydrogen) atoms. The number of piperidine rings is 1. The zero-order valence-electron chi connectivity index (χ0n) is 14.8. The highest BCUT2D eigenvalue weighted by Gasteiger charge is 2.38. The Bertz CT molecular complexity index is 796. The van der Waals surface area contributed by atoms with Gasteiger partial charge in [0.05, 0.1) is 10.5 Å². The number of hydrogen-bond donors (Lipinski definition) is 1. The molecule has 1 aromatic carbocycles. The van der Waals surface area contributed by atoms with Crippen LogP contribution in [0.15, 0.2) is 29.2 Å². The van der Waals surface area contributed by atoms with E-state index in [1.54, 1.807) is 0 Å². The van der Waals surface area contributed by atoms with E-state index in [1.165, 1.54) is 28.6 Å². The summed E-state index contributed by atoms with van der Waals surface area (Å²) in [5.41, 5.74) is -0.225. The molecule has 0 radical (unpaired) electrons. The monoisotopic (exact) mass is 380 g/mol. The van der Waals surface area contributed by atoms with E-state index in [0.717, 1.165) is 12.8 Å². The first-order valence-corrected chi connectivity index (χ1v) is 10.4. The molecule has 7 nitrogen and oxygen atoms in total. The van der Waals surface area contributed by atoms with Gasteiger partial charge in [0.1, 0.15) is 0 Å². The summed E-state index contributed by atoms with van der Waals surface area (Å²) < 4.78 is 27.0. The maximum atomic E-state index is 12.9. The number of aromatic carboxylic acids is 1. The van der Waals surface area contributed by atoms with E-state index in [2.05, 4.69) is 0 Å². The second-order valence-electron chi connectivity index (χ2n) is 6.84. The lowest BCUT2D eigenvalue weighted by atomic mass is 9.96. The zero-order chi connectivity index (χ0) is 18.9. The first kappa shape index (κ1) is 18.8. The van der Waals surface area contributed by atoms with Crippen molar-refractivity contribution < 1.29 is 23.1 Å². The van der Waals surface area contributed by atoms with Crippen LogP contribution in [0.4, 0.5) is 0 Å². The topological polar surface area (TPSA) is 95.0 Å². The molecule has 0 spiro atoms. The third-order valence-electron chi connectivity index (χ3n) is 5.15. The minimum absolute atomic E-state index is 0.123. The van der Waals surface area contributed by atoms with E-state index in [4.69, 9.17) is 0 Å². The highest BCUT2D eigenvalue weighted by molar-refractivity contribution is 7.89. The number of amides is 1. The molecule has 0 unspecified atom stereocenters. The SMILES string of the molecule is CCN(C(=O)C1CCN(S(=O)(=O)c2ccccc2C(=O)O)CC1)C1CC1. The lowest BCUT2D eigenvalue weighted by molar-refractivity contribution is -0.137. The summed E-state index contributed by atoms with van der Waals surface area (Å²) in [6.45, 7) is 3.12. The van der Waals surface area contributed by atoms with Crippen LogP contribution in [0.3, 0.4) is 0 Å². The van der Waals surface area contributed by atoms with E-state index in [0.29, 0.717) is 25.4 Å². The highest BCUT2D eigenvalue weighted by Crippen LogP contribution is 2.31. The van der Waals surface area contributed by atoms with Gasteiger partial charge in [-0.2, -0.15) is 4.31 Å². The van der Waals surface area contributed by atoms with Crippen molar-refractivity contribution in [1.29, 1.82) is 0 Å². The average molecular weight is 380 g/mol. The van der Waals surface area contributed by atoms with Crippen LogP contribution in [-0.4, -0.2) is 60.3 Å². The first-order chi connectivity index (χ1) is 12.4. The third-order valence-corrected chi connectivity index (χ3v) is 7.11. The minimum atomic E-state index is -3.89. The number of sulfonamides is 1. The van der Waals surface area contributed by atoms with Crippen molar-refractivity contribution >= 4 is 21.9 Å². The van der Waals surface area contributed by atoms with Crippen LogP contribution in [0.2, 0.25) is 0 Å². The summed E-state index contributed by atoms with van der Waals surface area (Å²) in [6, 6.07) is 5.99. The summed E-state index contributed by atoms with van der Waals surface area (Å²) in [4.78, 5) is 25.7. The normalized spacial score (nSPS) is 19.3. The molecule has 1 aromatic rings. The van der Waals surface area contributed by atoms with Crippen molar-refractivity contribution in [3.05, 3.63) is 29.8 Å². The van der Waals surface area contributed by atoms with Gasteiger partial charge in [0.15, 0.2) is 0 Å². The smallest absolute Gasteiger partial charge is 0.337 e. The van der Waals surface area contributed by atoms with Crippen molar-refractivity contribution in [2.75, 3.05) is 19.6 Å². The summed E-state index contributed by atoms with van der Waals surface area (Å²) >= 11 is 0. The molecule has 0 aromatic heterocycles. The lowest BCUT2D eigenvalue weighted by Crippen LogP contribution is -2.45. The predicted molar refractivity (Wildman–Crippen MR) is 95.3 cm³/mol. The number of carboxylic acids is 1. The highest BCUT2D eigenvalue weighted by atomic mass is 32.2. The Hall–Kier alpha value is -1.93. The fraction of sp³-hybridized carbons (Fsp3) is 0.556. The van der Waals surface area contributed by atoms with Gasteiger partial charge in [0, 0.05) is 31.6 Å². The average Bonchev–Trinajstić information content (AvgIpc) is 3.47. The maximum Gasteiger partial charge on any atom is 0.337 e.